The summed E-state index contributed by atoms with van der Waals surface area (Å²) in [7, 11) is 0. The smallest absolute Gasteiger partial charge is 0.360 e. The molecule has 0 spiro atoms. The predicted molar refractivity (Wildman–Crippen MR) is 90.2 cm³/mol. The van der Waals surface area contributed by atoms with Gasteiger partial charge >= 0.3 is 5.97 Å². The molecule has 0 saturated carbocycles. The minimum Gasteiger partial charge on any atom is -0.461 e. The van der Waals surface area contributed by atoms with Crippen LogP contribution in [0, 0.1) is 0 Å². The van der Waals surface area contributed by atoms with Crippen LogP contribution in [0.4, 0.5) is 5.82 Å². The third-order valence-electron chi connectivity index (χ3n) is 4.11. The predicted octanol–water partition coefficient (Wildman–Crippen LogP) is 0.205. The third kappa shape index (κ3) is 2.58. The van der Waals surface area contributed by atoms with Crippen molar-refractivity contribution < 1.29 is 23.7 Å². The molecule has 28 heavy (non-hydrogen) atoms. The van der Waals surface area contributed by atoms with Gasteiger partial charge in [0, 0.05) is 0 Å². The first kappa shape index (κ1) is 17.3. The summed E-state index contributed by atoms with van der Waals surface area (Å²) in [6.07, 6.45) is 0. The third-order valence-corrected chi connectivity index (χ3v) is 4.11. The second kappa shape index (κ2) is 6.57. The van der Waals surface area contributed by atoms with Gasteiger partial charge in [0.25, 0.3) is 11.8 Å². The number of fused-ring (bicyclic) bond motifs is 1. The van der Waals surface area contributed by atoms with Gasteiger partial charge in [-0.1, -0.05) is 17.3 Å². The zero-order valence-electron chi connectivity index (χ0n) is 14.5. The Hall–Kier alpha value is -4.09. The molecule has 142 valence electrons. The van der Waals surface area contributed by atoms with Crippen molar-refractivity contribution >= 4 is 23.6 Å². The van der Waals surface area contributed by atoms with Crippen LogP contribution in [0.25, 0.3) is 5.82 Å². The minimum absolute atomic E-state index is 0.0327. The number of anilines is 1. The highest BCUT2D eigenvalue weighted by Gasteiger charge is 2.37. The van der Waals surface area contributed by atoms with Gasteiger partial charge in [-0.05, 0) is 29.4 Å². The Morgan fingerprint density at radius 2 is 1.86 bits per heavy atom. The Morgan fingerprint density at radius 3 is 2.43 bits per heavy atom. The summed E-state index contributed by atoms with van der Waals surface area (Å²) in [5.74, 6) is -1.92. The molecule has 0 radical (unpaired) electrons. The van der Waals surface area contributed by atoms with E-state index in [4.69, 9.17) is 10.5 Å². The van der Waals surface area contributed by atoms with E-state index >= 15 is 0 Å². The van der Waals surface area contributed by atoms with Gasteiger partial charge in [0.2, 0.25) is 11.6 Å². The van der Waals surface area contributed by atoms with E-state index in [-0.39, 0.29) is 47.3 Å². The van der Waals surface area contributed by atoms with Crippen LogP contribution in [0.5, 0.6) is 0 Å². The second-order valence-electron chi connectivity index (χ2n) is 5.73. The van der Waals surface area contributed by atoms with Gasteiger partial charge < -0.3 is 10.5 Å². The first-order valence-corrected chi connectivity index (χ1v) is 8.18. The Morgan fingerprint density at radius 1 is 1.18 bits per heavy atom. The number of esters is 1. The first-order chi connectivity index (χ1) is 13.5. The van der Waals surface area contributed by atoms with E-state index in [1.165, 1.54) is 0 Å². The van der Waals surface area contributed by atoms with Gasteiger partial charge in [-0.25, -0.2) is 9.42 Å². The van der Waals surface area contributed by atoms with Crippen LogP contribution in [0.2, 0.25) is 0 Å². The molecule has 0 atom stereocenters. The maximum atomic E-state index is 12.7. The second-order valence-corrected chi connectivity index (χ2v) is 5.73. The molecule has 1 aliphatic heterocycles. The molecule has 3 aromatic rings. The zero-order chi connectivity index (χ0) is 19.8. The van der Waals surface area contributed by atoms with E-state index in [1.807, 2.05) is 0 Å². The van der Waals surface area contributed by atoms with Crippen molar-refractivity contribution in [1.82, 2.24) is 30.2 Å². The summed E-state index contributed by atoms with van der Waals surface area (Å²) < 4.78 is 10.6. The average molecular weight is 383 g/mol. The van der Waals surface area contributed by atoms with E-state index in [2.05, 4.69) is 25.3 Å². The Balaban J connectivity index is 1.78. The Kier molecular flexibility index (Phi) is 4.07. The largest absolute Gasteiger partial charge is 0.461 e. The molecule has 0 bridgehead atoms. The summed E-state index contributed by atoms with van der Waals surface area (Å²) >= 11 is 0. The number of nitrogen functional groups attached to an aromatic ring is 1. The van der Waals surface area contributed by atoms with Gasteiger partial charge in [0.15, 0.2) is 5.69 Å². The van der Waals surface area contributed by atoms with E-state index in [9.17, 15) is 14.4 Å². The molecule has 1 aliphatic rings. The number of benzene rings is 1. The summed E-state index contributed by atoms with van der Waals surface area (Å²) in [6.45, 7) is 1.43. The molecule has 12 heteroatoms. The van der Waals surface area contributed by atoms with E-state index in [1.54, 1.807) is 31.2 Å². The normalized spacial score (nSPS) is 13.1. The van der Waals surface area contributed by atoms with Crippen LogP contribution in [0.1, 0.15) is 43.8 Å². The fraction of sp³-hybridized carbons (Fsp3) is 0.188. The van der Waals surface area contributed by atoms with Gasteiger partial charge in [0.05, 0.1) is 24.3 Å². The maximum Gasteiger partial charge on any atom is 0.360 e. The van der Waals surface area contributed by atoms with Crippen LogP contribution in [0.3, 0.4) is 0 Å². The summed E-state index contributed by atoms with van der Waals surface area (Å²) in [4.78, 5) is 38.6. The van der Waals surface area contributed by atoms with Crippen molar-refractivity contribution in [2.45, 2.75) is 13.5 Å². The van der Waals surface area contributed by atoms with Crippen molar-refractivity contribution in [3.05, 3.63) is 46.8 Å². The minimum atomic E-state index is -0.768. The number of hydrogen-bond donors (Lipinski definition) is 1. The molecular formula is C16H13N7O5. The lowest BCUT2D eigenvalue weighted by Gasteiger charge is -2.14. The van der Waals surface area contributed by atoms with Crippen molar-refractivity contribution in [3.63, 3.8) is 0 Å². The summed E-state index contributed by atoms with van der Waals surface area (Å²) in [5.41, 5.74) is 6.14. The van der Waals surface area contributed by atoms with Crippen molar-refractivity contribution in [2.75, 3.05) is 12.3 Å². The molecule has 0 saturated heterocycles. The average Bonchev–Trinajstić information content (AvgIpc) is 3.36. The molecule has 3 heterocycles. The summed E-state index contributed by atoms with van der Waals surface area (Å²) in [5, 5.41) is 14.7. The fourth-order valence-electron chi connectivity index (χ4n) is 2.84. The topological polar surface area (TPSA) is 159 Å². The van der Waals surface area contributed by atoms with Gasteiger partial charge in [-0.3, -0.25) is 14.5 Å². The standard InChI is InChI=1S/C16H13N7O5/c1-2-27-16(26)11-10(23(21-18-11)13-12(17)19-28-20-13)7-22-14(24)8-5-3-4-6-9(8)15(22)25/h3-6H,2,7H2,1H3,(H2,17,19). The number of nitrogens with zero attached hydrogens (tertiary/aromatic N) is 6. The molecule has 0 fully saturated rings. The lowest BCUT2D eigenvalue weighted by molar-refractivity contribution is 0.0510. The Labute approximate surface area is 156 Å². The van der Waals surface area contributed by atoms with Crippen LogP contribution in [0.15, 0.2) is 28.9 Å². The van der Waals surface area contributed by atoms with E-state index in [0.29, 0.717) is 0 Å². The van der Waals surface area contributed by atoms with Crippen molar-refractivity contribution in [3.8, 4) is 5.82 Å². The molecule has 12 nitrogen and oxygen atoms in total. The number of rotatable bonds is 5. The molecule has 1 aromatic carbocycles. The molecule has 2 N–H and O–H groups in total. The number of imide groups is 1. The fourth-order valence-corrected chi connectivity index (χ4v) is 2.84. The van der Waals surface area contributed by atoms with Crippen molar-refractivity contribution in [1.29, 1.82) is 0 Å². The SMILES string of the molecule is CCOC(=O)c1nnn(-c2nonc2N)c1CN1C(=O)c2ccccc2C1=O. The van der Waals surface area contributed by atoms with Crippen LogP contribution < -0.4 is 5.73 Å². The van der Waals surface area contributed by atoms with E-state index in [0.717, 1.165) is 9.58 Å². The lowest BCUT2D eigenvalue weighted by Crippen LogP contribution is -2.31. The molecule has 2 amide bonds. The number of nitrogens with two attached hydrogens (primary N) is 1. The lowest BCUT2D eigenvalue weighted by atomic mass is 10.1. The van der Waals surface area contributed by atoms with Gasteiger partial charge in [-0.15, -0.1) is 5.10 Å². The van der Waals surface area contributed by atoms with Crippen LogP contribution in [-0.4, -0.2) is 54.6 Å². The molecule has 4 rings (SSSR count). The molecular weight excluding hydrogens is 370 g/mol. The Bertz CT molecular complexity index is 1070. The highest BCUT2D eigenvalue weighted by atomic mass is 16.6. The summed E-state index contributed by atoms with van der Waals surface area (Å²) in [6, 6.07) is 6.42. The molecule has 0 unspecified atom stereocenters. The van der Waals surface area contributed by atoms with Crippen LogP contribution in [-0.2, 0) is 11.3 Å². The van der Waals surface area contributed by atoms with E-state index < -0.39 is 17.8 Å². The van der Waals surface area contributed by atoms with Gasteiger partial charge in [0.1, 0.15) is 5.69 Å². The number of ether oxygens (including phenoxy) is 1. The highest BCUT2D eigenvalue weighted by Crippen LogP contribution is 2.26. The van der Waals surface area contributed by atoms with Crippen LogP contribution >= 0.6 is 0 Å². The zero-order valence-corrected chi connectivity index (χ0v) is 14.5. The monoisotopic (exact) mass is 383 g/mol. The number of amides is 2. The first-order valence-electron chi connectivity index (χ1n) is 8.18. The number of aromatic nitrogens is 5. The quantitative estimate of drug-likeness (QED) is 0.476. The van der Waals surface area contributed by atoms with Crippen molar-refractivity contribution in [2.24, 2.45) is 0 Å². The molecule has 0 aliphatic carbocycles. The molecule has 2 aromatic heterocycles. The van der Waals surface area contributed by atoms with Gasteiger partial charge in [-0.2, -0.15) is 4.68 Å². The number of carbonyl (C=O) groups is 3. The maximum absolute atomic E-state index is 12.7. The number of carbonyl (C=O) groups excluding carboxylic acids is 3. The number of hydrogen-bond acceptors (Lipinski definition) is 10. The highest BCUT2D eigenvalue weighted by molar-refractivity contribution is 6.21.